The van der Waals surface area contributed by atoms with Crippen LogP contribution in [0.1, 0.15) is 17.5 Å². The average Bonchev–Trinajstić information content (AvgIpc) is 2.96. The van der Waals surface area contributed by atoms with Crippen molar-refractivity contribution in [2.45, 2.75) is 13.0 Å². The first-order valence-electron chi connectivity index (χ1n) is 9.12. The standard InChI is InChI=1S/C22H24N4.3ClH/c1-25(2)13-6-14-26-20-11-4-9-18-8-3-10-19(21(18)20)22(26)24-16-17-7-5-12-23-15-17;;;/h3-5,7-12,15H,6,13-14,16H2,1-2H3;3*1H/b24-22+;;;. The second-order valence-electron chi connectivity index (χ2n) is 6.99. The Labute approximate surface area is 191 Å². The van der Waals surface area contributed by atoms with Gasteiger partial charge >= 0.3 is 0 Å². The molecule has 0 aliphatic carbocycles. The molecule has 4 rings (SSSR count). The van der Waals surface area contributed by atoms with Crippen molar-refractivity contribution in [2.24, 2.45) is 4.99 Å². The van der Waals surface area contributed by atoms with E-state index in [0.717, 1.165) is 30.9 Å². The van der Waals surface area contributed by atoms with Crippen LogP contribution >= 0.6 is 37.2 Å². The fourth-order valence-electron chi connectivity index (χ4n) is 3.59. The molecule has 0 atom stereocenters. The lowest BCUT2D eigenvalue weighted by Gasteiger charge is -2.22. The fourth-order valence-corrected chi connectivity index (χ4v) is 3.59. The molecule has 0 N–H and O–H groups in total. The van der Waals surface area contributed by atoms with Crippen LogP contribution in [0.3, 0.4) is 0 Å². The molecule has 0 saturated carbocycles. The van der Waals surface area contributed by atoms with Crippen LogP contribution in [0.4, 0.5) is 5.69 Å². The second-order valence-corrected chi connectivity index (χ2v) is 6.99. The summed E-state index contributed by atoms with van der Waals surface area (Å²) in [4.78, 5) is 13.8. The maximum absolute atomic E-state index is 5.00. The van der Waals surface area contributed by atoms with Crippen LogP contribution in [0, 0.1) is 0 Å². The quantitative estimate of drug-likeness (QED) is 0.513. The molecule has 7 heteroatoms. The van der Waals surface area contributed by atoms with Crippen LogP contribution < -0.4 is 4.90 Å². The maximum atomic E-state index is 5.00. The van der Waals surface area contributed by atoms with Crippen LogP contribution in [0.15, 0.2) is 65.9 Å². The minimum atomic E-state index is 0. The number of amidine groups is 1. The van der Waals surface area contributed by atoms with Gasteiger partial charge in [0.05, 0.1) is 12.2 Å². The lowest BCUT2D eigenvalue weighted by molar-refractivity contribution is 0.403. The predicted octanol–water partition coefficient (Wildman–Crippen LogP) is 5.22. The van der Waals surface area contributed by atoms with Gasteiger partial charge in [-0.05, 0) is 50.1 Å². The molecule has 0 amide bonds. The zero-order chi connectivity index (χ0) is 17.9. The molecule has 1 aliphatic rings. The van der Waals surface area contributed by atoms with E-state index in [1.54, 1.807) is 6.20 Å². The lowest BCUT2D eigenvalue weighted by Crippen LogP contribution is -2.31. The van der Waals surface area contributed by atoms with Gasteiger partial charge in [-0.2, -0.15) is 0 Å². The summed E-state index contributed by atoms with van der Waals surface area (Å²) in [6, 6.07) is 17.1. The minimum Gasteiger partial charge on any atom is -0.326 e. The molecule has 0 bridgehead atoms. The van der Waals surface area contributed by atoms with Gasteiger partial charge in [0.1, 0.15) is 5.84 Å². The second kappa shape index (κ2) is 11.4. The Morgan fingerprint density at radius 1 is 0.966 bits per heavy atom. The molecule has 3 aromatic rings. The summed E-state index contributed by atoms with van der Waals surface area (Å²) in [6.45, 7) is 2.69. The molecule has 4 nitrogen and oxygen atoms in total. The van der Waals surface area contributed by atoms with E-state index in [4.69, 9.17) is 4.99 Å². The topological polar surface area (TPSA) is 31.7 Å². The van der Waals surface area contributed by atoms with Crippen molar-refractivity contribution in [3.63, 3.8) is 0 Å². The van der Waals surface area contributed by atoms with Crippen molar-refractivity contribution in [1.29, 1.82) is 0 Å². The van der Waals surface area contributed by atoms with Crippen molar-refractivity contribution in [2.75, 3.05) is 32.1 Å². The first kappa shape index (κ1) is 25.2. The maximum Gasteiger partial charge on any atom is 0.136 e. The summed E-state index contributed by atoms with van der Waals surface area (Å²) in [7, 11) is 4.24. The van der Waals surface area contributed by atoms with E-state index in [1.807, 2.05) is 12.3 Å². The molecular weight excluding hydrogens is 427 g/mol. The Bertz CT molecular complexity index is 940. The Kier molecular flexibility index (Phi) is 9.87. The van der Waals surface area contributed by atoms with Gasteiger partial charge in [-0.25, -0.2) is 0 Å². The molecule has 2 aromatic carbocycles. The molecule has 0 fully saturated rings. The van der Waals surface area contributed by atoms with Gasteiger partial charge < -0.3 is 9.80 Å². The summed E-state index contributed by atoms with van der Waals surface area (Å²) in [5.41, 5.74) is 3.66. The zero-order valence-electron chi connectivity index (χ0n) is 16.6. The van der Waals surface area contributed by atoms with E-state index in [-0.39, 0.29) is 37.2 Å². The first-order valence-corrected chi connectivity index (χ1v) is 9.12. The average molecular weight is 454 g/mol. The van der Waals surface area contributed by atoms with Crippen LogP contribution in [0.2, 0.25) is 0 Å². The van der Waals surface area contributed by atoms with Gasteiger partial charge in [-0.15, -0.1) is 37.2 Å². The number of aromatic nitrogens is 1. The van der Waals surface area contributed by atoms with E-state index in [0.29, 0.717) is 6.54 Å². The number of hydrogen-bond acceptors (Lipinski definition) is 3. The summed E-state index contributed by atoms with van der Waals surface area (Å²) < 4.78 is 0. The number of anilines is 1. The number of nitrogens with zero attached hydrogens (tertiary/aromatic N) is 4. The summed E-state index contributed by atoms with van der Waals surface area (Å²) in [5, 5.41) is 2.61. The third-order valence-corrected chi connectivity index (χ3v) is 4.79. The third kappa shape index (κ3) is 5.40. The largest absolute Gasteiger partial charge is 0.326 e. The highest BCUT2D eigenvalue weighted by molar-refractivity contribution is 6.27. The molecule has 156 valence electrons. The van der Waals surface area contributed by atoms with E-state index in [2.05, 4.69) is 71.3 Å². The van der Waals surface area contributed by atoms with Gasteiger partial charge in [0, 0.05) is 29.9 Å². The van der Waals surface area contributed by atoms with Crippen molar-refractivity contribution in [3.8, 4) is 0 Å². The smallest absolute Gasteiger partial charge is 0.136 e. The number of hydrogen-bond donors (Lipinski definition) is 0. The van der Waals surface area contributed by atoms with Gasteiger partial charge in [0.2, 0.25) is 0 Å². The summed E-state index contributed by atoms with van der Waals surface area (Å²) in [6.07, 6.45) is 4.79. The van der Waals surface area contributed by atoms with Crippen molar-refractivity contribution < 1.29 is 0 Å². The van der Waals surface area contributed by atoms with Crippen molar-refractivity contribution in [1.82, 2.24) is 9.88 Å². The first-order chi connectivity index (χ1) is 12.7. The molecular formula is C22H27Cl3N4. The van der Waals surface area contributed by atoms with Crippen LogP contribution in [-0.2, 0) is 6.54 Å². The molecule has 2 heterocycles. The summed E-state index contributed by atoms with van der Waals surface area (Å²) in [5.74, 6) is 1.08. The highest BCUT2D eigenvalue weighted by atomic mass is 35.5. The summed E-state index contributed by atoms with van der Waals surface area (Å²) >= 11 is 0. The highest BCUT2D eigenvalue weighted by Gasteiger charge is 2.27. The van der Waals surface area contributed by atoms with Gasteiger partial charge in [-0.3, -0.25) is 9.98 Å². The van der Waals surface area contributed by atoms with E-state index in [1.165, 1.54) is 22.0 Å². The zero-order valence-corrected chi connectivity index (χ0v) is 19.1. The number of pyridine rings is 1. The Morgan fingerprint density at radius 2 is 1.72 bits per heavy atom. The SMILES string of the molecule is CN(C)CCCN1/C(=N/Cc2cccnc2)c2cccc3cccc1c23.Cl.Cl.Cl. The normalized spacial score (nSPS) is 13.2. The third-order valence-electron chi connectivity index (χ3n) is 4.79. The Balaban J connectivity index is 0.00000140. The molecule has 0 spiro atoms. The van der Waals surface area contributed by atoms with Crippen LogP contribution in [-0.4, -0.2) is 42.9 Å². The highest BCUT2D eigenvalue weighted by Crippen LogP contribution is 2.37. The lowest BCUT2D eigenvalue weighted by atomic mass is 10.1. The molecule has 0 radical (unpaired) electrons. The Hall–Kier alpha value is -1.85. The monoisotopic (exact) mass is 452 g/mol. The predicted molar refractivity (Wildman–Crippen MR) is 131 cm³/mol. The number of benzene rings is 2. The van der Waals surface area contributed by atoms with Crippen LogP contribution in [0.25, 0.3) is 10.8 Å². The molecule has 1 aromatic heterocycles. The molecule has 1 aliphatic heterocycles. The van der Waals surface area contributed by atoms with E-state index >= 15 is 0 Å². The van der Waals surface area contributed by atoms with E-state index < -0.39 is 0 Å². The number of rotatable bonds is 6. The van der Waals surface area contributed by atoms with Crippen molar-refractivity contribution >= 4 is 59.5 Å². The fraction of sp³-hybridized carbons (Fsp3) is 0.273. The van der Waals surface area contributed by atoms with Crippen LogP contribution in [0.5, 0.6) is 0 Å². The van der Waals surface area contributed by atoms with Gasteiger partial charge in [0.15, 0.2) is 0 Å². The van der Waals surface area contributed by atoms with Gasteiger partial charge in [0.25, 0.3) is 0 Å². The van der Waals surface area contributed by atoms with Gasteiger partial charge in [-0.1, -0.05) is 36.4 Å². The molecule has 29 heavy (non-hydrogen) atoms. The molecule has 0 unspecified atom stereocenters. The number of aliphatic imine (C=N–C) groups is 1. The van der Waals surface area contributed by atoms with Crippen molar-refractivity contribution in [3.05, 3.63) is 72.1 Å². The molecule has 0 saturated heterocycles. The minimum absolute atomic E-state index is 0. The Morgan fingerprint density at radius 3 is 2.41 bits per heavy atom. The number of halogens is 3. The van der Waals surface area contributed by atoms with E-state index in [9.17, 15) is 0 Å².